The van der Waals surface area contributed by atoms with Crippen LogP contribution in [0, 0.1) is 5.82 Å². The molecule has 130 valence electrons. The number of nitrogens with zero attached hydrogens (tertiary/aromatic N) is 2. The van der Waals surface area contributed by atoms with E-state index in [9.17, 15) is 14.0 Å². The van der Waals surface area contributed by atoms with Gasteiger partial charge in [-0.3, -0.25) is 9.59 Å². The standard InChI is InChI=1S/C18H23FN2O3/c1-2-3-7-16(22)20-9-8-18(12-20)13-21(17(23)11-24-18)15-6-4-5-14(19)10-15/h4-6,10H,2-3,7-9,11-13H2,1H3. The third-order valence-corrected chi connectivity index (χ3v) is 4.78. The highest BCUT2D eigenvalue weighted by Crippen LogP contribution is 2.32. The Hall–Kier alpha value is -1.95. The molecule has 0 radical (unpaired) electrons. The first kappa shape index (κ1) is 16.9. The number of unbranched alkanes of at least 4 members (excludes halogenated alkanes) is 1. The van der Waals surface area contributed by atoms with Crippen LogP contribution in [0.3, 0.4) is 0 Å². The Labute approximate surface area is 141 Å². The zero-order valence-electron chi connectivity index (χ0n) is 14.0. The van der Waals surface area contributed by atoms with Gasteiger partial charge in [0.1, 0.15) is 18.0 Å². The summed E-state index contributed by atoms with van der Waals surface area (Å²) in [6.45, 7) is 3.52. The SMILES string of the molecule is CCCCC(=O)N1CCC2(C1)CN(c1cccc(F)c1)C(=O)CO2. The number of rotatable bonds is 4. The van der Waals surface area contributed by atoms with Crippen molar-refractivity contribution in [3.63, 3.8) is 0 Å². The molecule has 3 rings (SSSR count). The zero-order chi connectivity index (χ0) is 17.2. The van der Waals surface area contributed by atoms with Crippen molar-refractivity contribution in [2.45, 2.75) is 38.2 Å². The van der Waals surface area contributed by atoms with Gasteiger partial charge in [0.25, 0.3) is 5.91 Å². The van der Waals surface area contributed by atoms with Gasteiger partial charge in [-0.2, -0.15) is 0 Å². The van der Waals surface area contributed by atoms with E-state index in [0.717, 1.165) is 12.8 Å². The van der Waals surface area contributed by atoms with Crippen LogP contribution in [0.2, 0.25) is 0 Å². The molecule has 0 aliphatic carbocycles. The lowest BCUT2D eigenvalue weighted by molar-refractivity contribution is -0.139. The van der Waals surface area contributed by atoms with E-state index in [1.807, 2.05) is 4.90 Å². The van der Waals surface area contributed by atoms with Crippen molar-refractivity contribution in [1.29, 1.82) is 0 Å². The third-order valence-electron chi connectivity index (χ3n) is 4.78. The van der Waals surface area contributed by atoms with Gasteiger partial charge in [0.2, 0.25) is 5.91 Å². The van der Waals surface area contributed by atoms with Gasteiger partial charge in [0.05, 0.1) is 13.1 Å². The van der Waals surface area contributed by atoms with Crippen molar-refractivity contribution in [2.24, 2.45) is 0 Å². The van der Waals surface area contributed by atoms with E-state index in [0.29, 0.717) is 38.2 Å². The maximum Gasteiger partial charge on any atom is 0.253 e. The molecule has 1 aromatic carbocycles. The monoisotopic (exact) mass is 334 g/mol. The second-order valence-electron chi connectivity index (χ2n) is 6.60. The summed E-state index contributed by atoms with van der Waals surface area (Å²) in [6, 6.07) is 6.03. The molecule has 0 N–H and O–H groups in total. The summed E-state index contributed by atoms with van der Waals surface area (Å²) in [5, 5.41) is 0. The molecule has 0 aromatic heterocycles. The summed E-state index contributed by atoms with van der Waals surface area (Å²) in [5.41, 5.74) is 0.000636. The average Bonchev–Trinajstić information content (AvgIpc) is 2.99. The zero-order valence-corrected chi connectivity index (χ0v) is 14.0. The molecule has 1 aromatic rings. The molecule has 2 aliphatic rings. The quantitative estimate of drug-likeness (QED) is 0.849. The number of morpholine rings is 1. The van der Waals surface area contributed by atoms with E-state index in [-0.39, 0.29) is 24.2 Å². The largest absolute Gasteiger partial charge is 0.361 e. The molecule has 6 heteroatoms. The fraction of sp³-hybridized carbons (Fsp3) is 0.556. The van der Waals surface area contributed by atoms with Crippen molar-refractivity contribution in [2.75, 3.05) is 31.1 Å². The van der Waals surface area contributed by atoms with Crippen LogP contribution >= 0.6 is 0 Å². The van der Waals surface area contributed by atoms with Crippen LogP contribution in [-0.4, -0.2) is 48.6 Å². The maximum absolute atomic E-state index is 13.5. The normalized spacial score (nSPS) is 24.0. The number of hydrogen-bond acceptors (Lipinski definition) is 3. The van der Waals surface area contributed by atoms with Crippen LogP contribution in [0.25, 0.3) is 0 Å². The lowest BCUT2D eigenvalue weighted by Crippen LogP contribution is -2.56. The lowest BCUT2D eigenvalue weighted by Gasteiger charge is -2.40. The Morgan fingerprint density at radius 3 is 2.96 bits per heavy atom. The first-order chi connectivity index (χ1) is 11.5. The summed E-state index contributed by atoms with van der Waals surface area (Å²) in [4.78, 5) is 27.8. The number of ether oxygens (including phenoxy) is 1. The Kier molecular flexibility index (Phi) is 4.85. The summed E-state index contributed by atoms with van der Waals surface area (Å²) < 4.78 is 19.3. The Morgan fingerprint density at radius 1 is 1.38 bits per heavy atom. The van der Waals surface area contributed by atoms with E-state index < -0.39 is 5.60 Å². The molecule has 2 fully saturated rings. The number of likely N-dealkylation sites (tertiary alicyclic amines) is 1. The predicted octanol–water partition coefficient (Wildman–Crippen LogP) is 2.35. The summed E-state index contributed by atoms with van der Waals surface area (Å²) in [5.74, 6) is -0.405. The van der Waals surface area contributed by atoms with Crippen LogP contribution < -0.4 is 4.90 Å². The van der Waals surface area contributed by atoms with Crippen LogP contribution in [0.15, 0.2) is 24.3 Å². The van der Waals surface area contributed by atoms with Gasteiger partial charge in [-0.05, 0) is 31.0 Å². The van der Waals surface area contributed by atoms with Crippen molar-refractivity contribution in [3.8, 4) is 0 Å². The highest BCUT2D eigenvalue weighted by Gasteiger charge is 2.46. The number of carbonyl (C=O) groups excluding carboxylic acids is 2. The minimum atomic E-state index is -0.540. The molecular weight excluding hydrogens is 311 g/mol. The Morgan fingerprint density at radius 2 is 2.21 bits per heavy atom. The number of amides is 2. The first-order valence-corrected chi connectivity index (χ1v) is 8.51. The molecule has 2 amide bonds. The third kappa shape index (κ3) is 3.43. The van der Waals surface area contributed by atoms with Crippen LogP contribution in [0.1, 0.15) is 32.6 Å². The second-order valence-corrected chi connectivity index (χ2v) is 6.60. The maximum atomic E-state index is 13.5. The van der Waals surface area contributed by atoms with E-state index in [4.69, 9.17) is 4.74 Å². The molecule has 2 aliphatic heterocycles. The number of anilines is 1. The number of halogens is 1. The minimum absolute atomic E-state index is 0.0342. The molecular formula is C18H23FN2O3. The molecule has 0 saturated carbocycles. The van der Waals surface area contributed by atoms with Gasteiger partial charge in [-0.15, -0.1) is 0 Å². The van der Waals surface area contributed by atoms with E-state index in [1.165, 1.54) is 12.1 Å². The van der Waals surface area contributed by atoms with Gasteiger partial charge in [-0.1, -0.05) is 19.4 Å². The molecule has 0 bridgehead atoms. The van der Waals surface area contributed by atoms with Crippen LogP contribution in [0.5, 0.6) is 0 Å². The van der Waals surface area contributed by atoms with Crippen molar-refractivity contribution in [1.82, 2.24) is 4.90 Å². The molecule has 1 unspecified atom stereocenters. The summed E-state index contributed by atoms with van der Waals surface area (Å²) in [7, 11) is 0. The van der Waals surface area contributed by atoms with Gasteiger partial charge in [0, 0.05) is 18.7 Å². The second kappa shape index (κ2) is 6.89. The highest BCUT2D eigenvalue weighted by atomic mass is 19.1. The Balaban J connectivity index is 1.71. The summed E-state index contributed by atoms with van der Waals surface area (Å²) >= 11 is 0. The number of benzene rings is 1. The van der Waals surface area contributed by atoms with Crippen molar-refractivity contribution in [3.05, 3.63) is 30.1 Å². The predicted molar refractivity (Wildman–Crippen MR) is 88.2 cm³/mol. The van der Waals surface area contributed by atoms with Crippen molar-refractivity contribution >= 4 is 17.5 Å². The van der Waals surface area contributed by atoms with Crippen LogP contribution in [-0.2, 0) is 14.3 Å². The highest BCUT2D eigenvalue weighted by molar-refractivity contribution is 5.95. The minimum Gasteiger partial charge on any atom is -0.361 e. The summed E-state index contributed by atoms with van der Waals surface area (Å²) in [6.07, 6.45) is 3.13. The van der Waals surface area contributed by atoms with E-state index >= 15 is 0 Å². The topological polar surface area (TPSA) is 49.9 Å². The molecule has 5 nitrogen and oxygen atoms in total. The van der Waals surface area contributed by atoms with Gasteiger partial charge in [-0.25, -0.2) is 4.39 Å². The molecule has 2 saturated heterocycles. The fourth-order valence-electron chi connectivity index (χ4n) is 3.38. The molecule has 1 atom stereocenters. The van der Waals surface area contributed by atoms with Gasteiger partial charge >= 0.3 is 0 Å². The number of hydrogen-bond donors (Lipinski definition) is 0. The van der Waals surface area contributed by atoms with Crippen LogP contribution in [0.4, 0.5) is 10.1 Å². The van der Waals surface area contributed by atoms with Crippen molar-refractivity contribution < 1.29 is 18.7 Å². The molecule has 24 heavy (non-hydrogen) atoms. The van der Waals surface area contributed by atoms with E-state index in [1.54, 1.807) is 17.0 Å². The van der Waals surface area contributed by atoms with Gasteiger partial charge in [0.15, 0.2) is 0 Å². The molecule has 1 spiro atoms. The smallest absolute Gasteiger partial charge is 0.253 e. The lowest BCUT2D eigenvalue weighted by atomic mass is 10.00. The molecule has 2 heterocycles. The van der Waals surface area contributed by atoms with Gasteiger partial charge < -0.3 is 14.5 Å². The fourth-order valence-corrected chi connectivity index (χ4v) is 3.38. The van der Waals surface area contributed by atoms with E-state index in [2.05, 4.69) is 6.92 Å². The number of carbonyl (C=O) groups is 2. The Bertz CT molecular complexity index is 636. The first-order valence-electron chi connectivity index (χ1n) is 8.51. The average molecular weight is 334 g/mol.